The van der Waals surface area contributed by atoms with E-state index in [0.717, 1.165) is 0 Å². The Morgan fingerprint density at radius 1 is 1.57 bits per heavy atom. The van der Waals surface area contributed by atoms with Gasteiger partial charge in [-0.25, -0.2) is 8.96 Å². The summed E-state index contributed by atoms with van der Waals surface area (Å²) in [5, 5.41) is 9.19. The van der Waals surface area contributed by atoms with E-state index in [2.05, 4.69) is 4.52 Å². The van der Waals surface area contributed by atoms with Crippen LogP contribution in [0.1, 0.15) is 6.92 Å². The number of hydrogen-bond acceptors (Lipinski definition) is 4. The van der Waals surface area contributed by atoms with Gasteiger partial charge in [0.1, 0.15) is 12.2 Å². The van der Waals surface area contributed by atoms with E-state index in [1.54, 1.807) is 0 Å². The fourth-order valence-corrected chi connectivity index (χ4v) is 1.56. The van der Waals surface area contributed by atoms with E-state index < -0.39 is 38.9 Å². The Morgan fingerprint density at radius 3 is 2.50 bits per heavy atom. The van der Waals surface area contributed by atoms with Gasteiger partial charge in [0, 0.05) is 0 Å². The Balaban J connectivity index is 2.44. The third-order valence-corrected chi connectivity index (χ3v) is 2.44. The molecule has 1 aliphatic rings. The number of ether oxygens (including phenoxy) is 1. The minimum atomic E-state index is -4.60. The molecule has 0 spiro atoms. The molecule has 0 aromatic rings. The van der Waals surface area contributed by atoms with Crippen LogP contribution in [0, 0.1) is 0 Å². The van der Waals surface area contributed by atoms with Gasteiger partial charge in [0.05, 0.1) is 12.7 Å². The molecule has 1 heterocycles. The number of aliphatic hydroxyl groups excluding tert-OH is 1. The maximum Gasteiger partial charge on any atom is 0.469 e. The second-order valence-corrected chi connectivity index (χ2v) is 4.34. The lowest BCUT2D eigenvalue weighted by Crippen LogP contribution is -2.31. The number of alkyl halides is 1. The summed E-state index contributed by atoms with van der Waals surface area (Å²) in [6.07, 6.45) is -4.79. The van der Waals surface area contributed by atoms with E-state index >= 15 is 0 Å². The Bertz CT molecular complexity index is 242. The monoisotopic (exact) mass is 230 g/mol. The summed E-state index contributed by atoms with van der Waals surface area (Å²) < 4.78 is 32.2. The standard InChI is InChI=1S/C6H12FO6P/c1-3-5(7)6(8)4(13-3)2-12-14(9,10)11/h3-6,8H,2H2,1H3,(H2,9,10,11)/t3-,4+,5?,6+/m0/s1. The fourth-order valence-electron chi connectivity index (χ4n) is 1.22. The second kappa shape index (κ2) is 4.22. The number of halogens is 1. The Hall–Kier alpha value is -0.0400. The van der Waals surface area contributed by atoms with Crippen molar-refractivity contribution in [1.29, 1.82) is 0 Å². The first-order valence-electron chi connectivity index (χ1n) is 3.99. The van der Waals surface area contributed by atoms with Crippen molar-refractivity contribution in [1.82, 2.24) is 0 Å². The third-order valence-electron chi connectivity index (χ3n) is 1.95. The van der Waals surface area contributed by atoms with Crippen LogP contribution in [-0.2, 0) is 13.8 Å². The number of aliphatic hydroxyl groups is 1. The van der Waals surface area contributed by atoms with Gasteiger partial charge in [0.2, 0.25) is 0 Å². The van der Waals surface area contributed by atoms with Gasteiger partial charge in [0.15, 0.2) is 6.17 Å². The molecule has 8 heteroatoms. The second-order valence-electron chi connectivity index (χ2n) is 3.10. The largest absolute Gasteiger partial charge is 0.469 e. The summed E-state index contributed by atoms with van der Waals surface area (Å²) in [7, 11) is -4.60. The van der Waals surface area contributed by atoms with Crippen molar-refractivity contribution in [2.45, 2.75) is 31.4 Å². The van der Waals surface area contributed by atoms with Crippen LogP contribution in [0.4, 0.5) is 4.39 Å². The molecule has 1 aliphatic heterocycles. The summed E-state index contributed by atoms with van der Waals surface area (Å²) in [4.78, 5) is 16.7. The predicted molar refractivity (Wildman–Crippen MR) is 43.2 cm³/mol. The van der Waals surface area contributed by atoms with Crippen LogP contribution in [-0.4, -0.2) is 46.0 Å². The van der Waals surface area contributed by atoms with E-state index in [9.17, 15) is 14.1 Å². The van der Waals surface area contributed by atoms with Gasteiger partial charge in [-0.2, -0.15) is 0 Å². The third kappa shape index (κ3) is 2.98. The smallest absolute Gasteiger partial charge is 0.387 e. The van der Waals surface area contributed by atoms with Crippen molar-refractivity contribution in [2.75, 3.05) is 6.61 Å². The van der Waals surface area contributed by atoms with Crippen molar-refractivity contribution in [3.8, 4) is 0 Å². The van der Waals surface area contributed by atoms with E-state index in [-0.39, 0.29) is 0 Å². The Kier molecular flexibility index (Phi) is 3.63. The molecule has 1 unspecified atom stereocenters. The zero-order valence-corrected chi connectivity index (χ0v) is 8.30. The van der Waals surface area contributed by atoms with E-state index in [0.29, 0.717) is 0 Å². The van der Waals surface area contributed by atoms with Crippen LogP contribution in [0.5, 0.6) is 0 Å². The molecule has 1 rings (SSSR count). The minimum absolute atomic E-state index is 0.532. The molecule has 4 atom stereocenters. The molecule has 0 saturated carbocycles. The van der Waals surface area contributed by atoms with E-state index in [4.69, 9.17) is 14.5 Å². The molecule has 3 N–H and O–H groups in total. The topological polar surface area (TPSA) is 96.2 Å². The van der Waals surface area contributed by atoms with Crippen LogP contribution in [0.2, 0.25) is 0 Å². The molecule has 84 valence electrons. The maximum absolute atomic E-state index is 13.0. The van der Waals surface area contributed by atoms with Gasteiger partial charge >= 0.3 is 7.82 Å². The summed E-state index contributed by atoms with van der Waals surface area (Å²) in [6.45, 7) is 0.890. The Morgan fingerprint density at radius 2 is 2.14 bits per heavy atom. The first-order chi connectivity index (χ1) is 6.31. The van der Waals surface area contributed by atoms with Crippen molar-refractivity contribution < 1.29 is 33.1 Å². The van der Waals surface area contributed by atoms with Gasteiger partial charge < -0.3 is 19.6 Å². The predicted octanol–water partition coefficient (Wildman–Crippen LogP) is -0.418. The highest BCUT2D eigenvalue weighted by Crippen LogP contribution is 2.37. The maximum atomic E-state index is 13.0. The van der Waals surface area contributed by atoms with Crippen LogP contribution in [0.15, 0.2) is 0 Å². The van der Waals surface area contributed by atoms with Gasteiger partial charge in [-0.15, -0.1) is 0 Å². The van der Waals surface area contributed by atoms with Crippen LogP contribution in [0.3, 0.4) is 0 Å². The average molecular weight is 230 g/mol. The fraction of sp³-hybridized carbons (Fsp3) is 1.00. The zero-order valence-electron chi connectivity index (χ0n) is 7.41. The van der Waals surface area contributed by atoms with Gasteiger partial charge in [-0.1, -0.05) is 0 Å². The molecule has 0 aromatic heterocycles. The molecule has 0 aromatic carbocycles. The number of hydrogen-bond donors (Lipinski definition) is 3. The quantitative estimate of drug-likeness (QED) is 0.570. The molecule has 1 fully saturated rings. The van der Waals surface area contributed by atoms with Crippen LogP contribution >= 0.6 is 7.82 Å². The zero-order chi connectivity index (χ0) is 10.9. The molecule has 0 radical (unpaired) electrons. The molecule has 0 bridgehead atoms. The van der Waals surface area contributed by atoms with Gasteiger partial charge in [-0.05, 0) is 6.92 Å². The number of phosphoric ester groups is 1. The molecule has 6 nitrogen and oxygen atoms in total. The summed E-state index contributed by atoms with van der Waals surface area (Å²) >= 11 is 0. The molecule has 1 saturated heterocycles. The summed E-state index contributed by atoms with van der Waals surface area (Å²) in [6, 6.07) is 0. The lowest BCUT2D eigenvalue weighted by molar-refractivity contribution is -0.0168. The minimum Gasteiger partial charge on any atom is -0.387 e. The van der Waals surface area contributed by atoms with Crippen molar-refractivity contribution in [3.63, 3.8) is 0 Å². The van der Waals surface area contributed by atoms with Gasteiger partial charge in [0.25, 0.3) is 0 Å². The molecular formula is C6H12FO6P. The van der Waals surface area contributed by atoms with Crippen LogP contribution in [0.25, 0.3) is 0 Å². The first kappa shape index (κ1) is 12.0. The highest BCUT2D eigenvalue weighted by Gasteiger charge is 2.42. The average Bonchev–Trinajstić information content (AvgIpc) is 2.28. The first-order valence-corrected chi connectivity index (χ1v) is 5.52. The normalized spacial score (nSPS) is 38.9. The lowest BCUT2D eigenvalue weighted by atomic mass is 10.1. The summed E-state index contributed by atoms with van der Waals surface area (Å²) in [5.74, 6) is 0. The van der Waals surface area contributed by atoms with E-state index in [1.165, 1.54) is 6.92 Å². The summed E-state index contributed by atoms with van der Waals surface area (Å²) in [5.41, 5.74) is 0. The highest BCUT2D eigenvalue weighted by atomic mass is 31.2. The van der Waals surface area contributed by atoms with Crippen molar-refractivity contribution >= 4 is 7.82 Å². The molecular weight excluding hydrogens is 218 g/mol. The van der Waals surface area contributed by atoms with Crippen LogP contribution < -0.4 is 0 Å². The van der Waals surface area contributed by atoms with Crippen molar-refractivity contribution in [3.05, 3.63) is 0 Å². The highest BCUT2D eigenvalue weighted by molar-refractivity contribution is 7.46. The van der Waals surface area contributed by atoms with Gasteiger partial charge in [-0.3, -0.25) is 4.52 Å². The Labute approximate surface area is 79.9 Å². The molecule has 0 aliphatic carbocycles. The molecule has 14 heavy (non-hydrogen) atoms. The van der Waals surface area contributed by atoms with Crippen molar-refractivity contribution in [2.24, 2.45) is 0 Å². The van der Waals surface area contributed by atoms with E-state index in [1.807, 2.05) is 0 Å². The SMILES string of the molecule is C[C@@H]1O[C@H](COP(=O)(O)O)[C@@H](O)C1F. The lowest BCUT2D eigenvalue weighted by Gasteiger charge is -2.14. The molecule has 0 amide bonds. The number of rotatable bonds is 3. The number of phosphoric acid groups is 1.